The fourth-order valence-electron chi connectivity index (χ4n) is 1.74. The van der Waals surface area contributed by atoms with Gasteiger partial charge in [-0.1, -0.05) is 51.8 Å². The van der Waals surface area contributed by atoms with E-state index in [1.165, 1.54) is 0 Å². The summed E-state index contributed by atoms with van der Waals surface area (Å²) >= 11 is 9.25. The van der Waals surface area contributed by atoms with E-state index in [1.54, 1.807) is 42.5 Å². The fourth-order valence-corrected chi connectivity index (χ4v) is 3.73. The first kappa shape index (κ1) is 16.3. The number of nitrogens with one attached hydrogen (secondary N) is 1. The lowest BCUT2D eigenvalue weighted by molar-refractivity contribution is 0.282. The van der Waals surface area contributed by atoms with Gasteiger partial charge in [0.25, 0.3) is 0 Å². The quantitative estimate of drug-likeness (QED) is 0.820. The smallest absolute Gasteiger partial charge is 0.236 e. The normalized spacial score (nSPS) is 11.4. The lowest BCUT2D eigenvalue weighted by Crippen LogP contribution is -2.15. The van der Waals surface area contributed by atoms with Crippen LogP contribution in [0.3, 0.4) is 0 Å². The Bertz CT molecular complexity index is 732. The molecule has 0 aromatic heterocycles. The highest BCUT2D eigenvalue weighted by atomic mass is 79.9. The average molecular weight is 391 g/mol. The molecule has 0 aliphatic carbocycles. The highest BCUT2D eigenvalue weighted by molar-refractivity contribution is 9.10. The van der Waals surface area contributed by atoms with E-state index < -0.39 is 10.0 Å². The molecule has 0 amide bonds. The van der Waals surface area contributed by atoms with Crippen molar-refractivity contribution in [2.45, 2.75) is 12.4 Å². The molecular weight excluding hydrogens is 378 g/mol. The number of hydrogen-bond acceptors (Lipinski definition) is 3. The van der Waals surface area contributed by atoms with Crippen molar-refractivity contribution >= 4 is 43.2 Å². The van der Waals surface area contributed by atoms with Gasteiger partial charge in [0.1, 0.15) is 0 Å². The number of halogens is 2. The zero-order valence-electron chi connectivity index (χ0n) is 10.9. The van der Waals surface area contributed by atoms with Gasteiger partial charge in [-0.25, -0.2) is 8.42 Å². The molecule has 2 aromatic carbocycles. The predicted octanol–water partition coefficient (Wildman–Crippen LogP) is 3.54. The van der Waals surface area contributed by atoms with E-state index in [0.717, 1.165) is 10.0 Å². The maximum Gasteiger partial charge on any atom is 0.236 e. The average Bonchev–Trinajstić information content (AvgIpc) is 2.42. The van der Waals surface area contributed by atoms with Crippen LogP contribution in [0.4, 0.5) is 5.69 Å². The second-order valence-electron chi connectivity index (χ2n) is 4.46. The van der Waals surface area contributed by atoms with E-state index in [2.05, 4.69) is 20.7 Å². The van der Waals surface area contributed by atoms with Crippen molar-refractivity contribution in [1.82, 2.24) is 0 Å². The van der Waals surface area contributed by atoms with Crippen LogP contribution in [0.25, 0.3) is 0 Å². The molecule has 7 heteroatoms. The molecule has 0 fully saturated rings. The maximum atomic E-state index is 12.1. The van der Waals surface area contributed by atoms with Crippen LogP contribution >= 0.6 is 27.5 Å². The van der Waals surface area contributed by atoms with Crippen LogP contribution in [0.1, 0.15) is 11.1 Å². The Hall–Kier alpha value is -1.08. The Balaban J connectivity index is 2.14. The summed E-state index contributed by atoms with van der Waals surface area (Å²) in [6.07, 6.45) is 0. The minimum absolute atomic E-state index is 0.0697. The highest BCUT2D eigenvalue weighted by Crippen LogP contribution is 2.27. The number of sulfonamides is 1. The molecule has 0 bridgehead atoms. The topological polar surface area (TPSA) is 66.4 Å². The summed E-state index contributed by atoms with van der Waals surface area (Å²) in [5, 5.41) is 9.28. The molecule has 0 atom stereocenters. The van der Waals surface area contributed by atoms with Gasteiger partial charge in [0.15, 0.2) is 0 Å². The third kappa shape index (κ3) is 4.71. The van der Waals surface area contributed by atoms with Crippen molar-refractivity contribution in [3.05, 3.63) is 63.1 Å². The van der Waals surface area contributed by atoms with Gasteiger partial charge in [-0.3, -0.25) is 4.72 Å². The zero-order chi connectivity index (χ0) is 15.5. The zero-order valence-corrected chi connectivity index (χ0v) is 14.0. The summed E-state index contributed by atoms with van der Waals surface area (Å²) in [6, 6.07) is 11.7. The molecule has 112 valence electrons. The summed E-state index contributed by atoms with van der Waals surface area (Å²) in [5.74, 6) is -0.162. The SMILES string of the molecule is O=S(=O)(Cc1ccc(CO)cc1)Nc1ccc(Br)cc1Cl. The van der Waals surface area contributed by atoms with E-state index in [4.69, 9.17) is 16.7 Å². The minimum Gasteiger partial charge on any atom is -0.392 e. The number of rotatable bonds is 5. The summed E-state index contributed by atoms with van der Waals surface area (Å²) in [7, 11) is -3.55. The third-order valence-electron chi connectivity index (χ3n) is 2.76. The van der Waals surface area contributed by atoms with E-state index in [9.17, 15) is 8.42 Å². The number of benzene rings is 2. The first-order chi connectivity index (χ1) is 9.89. The molecule has 0 saturated heterocycles. The van der Waals surface area contributed by atoms with E-state index in [-0.39, 0.29) is 12.4 Å². The molecule has 0 radical (unpaired) electrons. The Morgan fingerprint density at radius 1 is 1.10 bits per heavy atom. The van der Waals surface area contributed by atoms with E-state index in [1.807, 2.05) is 0 Å². The van der Waals surface area contributed by atoms with Crippen molar-refractivity contribution < 1.29 is 13.5 Å². The Kier molecular flexibility index (Phi) is 5.27. The lowest BCUT2D eigenvalue weighted by Gasteiger charge is -2.10. The van der Waals surface area contributed by atoms with Gasteiger partial charge >= 0.3 is 0 Å². The van der Waals surface area contributed by atoms with Gasteiger partial charge in [0.2, 0.25) is 10.0 Å². The van der Waals surface area contributed by atoms with E-state index in [0.29, 0.717) is 16.3 Å². The second kappa shape index (κ2) is 6.79. The van der Waals surface area contributed by atoms with Crippen LogP contribution in [0.2, 0.25) is 5.02 Å². The van der Waals surface area contributed by atoms with Crippen molar-refractivity contribution in [2.24, 2.45) is 0 Å². The van der Waals surface area contributed by atoms with Crippen LogP contribution < -0.4 is 4.72 Å². The number of aliphatic hydroxyl groups is 1. The Morgan fingerprint density at radius 3 is 2.29 bits per heavy atom. The van der Waals surface area contributed by atoms with Gasteiger partial charge in [0, 0.05) is 4.47 Å². The second-order valence-corrected chi connectivity index (χ2v) is 7.51. The standard InChI is InChI=1S/C14H13BrClNO3S/c15-12-5-6-14(13(16)7-12)17-21(19,20)9-11-3-1-10(8-18)2-4-11/h1-7,17-18H,8-9H2. The molecule has 4 nitrogen and oxygen atoms in total. The summed E-state index contributed by atoms with van der Waals surface area (Å²) in [4.78, 5) is 0. The first-order valence-corrected chi connectivity index (χ1v) is 8.86. The molecule has 0 spiro atoms. The van der Waals surface area contributed by atoms with Crippen LogP contribution in [0.5, 0.6) is 0 Å². The van der Waals surface area contributed by atoms with Gasteiger partial charge in [-0.2, -0.15) is 0 Å². The molecule has 0 heterocycles. The molecule has 0 aliphatic heterocycles. The van der Waals surface area contributed by atoms with Crippen LogP contribution in [0.15, 0.2) is 46.9 Å². The number of anilines is 1. The predicted molar refractivity (Wildman–Crippen MR) is 87.8 cm³/mol. The first-order valence-electron chi connectivity index (χ1n) is 6.04. The molecule has 2 aromatic rings. The van der Waals surface area contributed by atoms with Crippen LogP contribution in [-0.4, -0.2) is 13.5 Å². The Labute approximate surface area is 136 Å². The highest BCUT2D eigenvalue weighted by Gasteiger charge is 2.13. The minimum atomic E-state index is -3.55. The number of aliphatic hydroxyl groups excluding tert-OH is 1. The largest absolute Gasteiger partial charge is 0.392 e. The third-order valence-corrected chi connectivity index (χ3v) is 4.81. The molecule has 0 unspecified atom stereocenters. The molecule has 2 N–H and O–H groups in total. The van der Waals surface area contributed by atoms with Crippen molar-refractivity contribution in [2.75, 3.05) is 4.72 Å². The Morgan fingerprint density at radius 2 is 1.71 bits per heavy atom. The maximum absolute atomic E-state index is 12.1. The van der Waals surface area contributed by atoms with Crippen molar-refractivity contribution in [3.63, 3.8) is 0 Å². The molecule has 21 heavy (non-hydrogen) atoms. The van der Waals surface area contributed by atoms with Gasteiger partial charge in [0.05, 0.1) is 23.1 Å². The van der Waals surface area contributed by atoms with E-state index >= 15 is 0 Å². The molecule has 2 rings (SSSR count). The molecule has 0 aliphatic rings. The van der Waals surface area contributed by atoms with Crippen molar-refractivity contribution in [3.8, 4) is 0 Å². The van der Waals surface area contributed by atoms with Gasteiger partial charge in [-0.15, -0.1) is 0 Å². The fraction of sp³-hybridized carbons (Fsp3) is 0.143. The molecular formula is C14H13BrClNO3S. The van der Waals surface area contributed by atoms with Crippen LogP contribution in [0, 0.1) is 0 Å². The lowest BCUT2D eigenvalue weighted by atomic mass is 10.2. The molecule has 0 saturated carbocycles. The van der Waals surface area contributed by atoms with Crippen LogP contribution in [-0.2, 0) is 22.4 Å². The van der Waals surface area contributed by atoms with Gasteiger partial charge in [-0.05, 0) is 29.3 Å². The summed E-state index contributed by atoms with van der Waals surface area (Å²) in [6.45, 7) is -0.0697. The summed E-state index contributed by atoms with van der Waals surface area (Å²) in [5.41, 5.74) is 1.71. The number of hydrogen-bond donors (Lipinski definition) is 2. The summed E-state index contributed by atoms with van der Waals surface area (Å²) < 4.78 is 27.5. The monoisotopic (exact) mass is 389 g/mol. The van der Waals surface area contributed by atoms with Gasteiger partial charge < -0.3 is 5.11 Å². The van der Waals surface area contributed by atoms with Crippen molar-refractivity contribution in [1.29, 1.82) is 0 Å².